The largest absolute Gasteiger partial charge is 0.295 e. The molecule has 1 aliphatic rings. The molecule has 1 nitrogen and oxygen atoms in total. The molecular formula is C28H33N. The Morgan fingerprint density at radius 2 is 1.10 bits per heavy atom. The van der Waals surface area contributed by atoms with Crippen molar-refractivity contribution in [2.45, 2.75) is 59.5 Å². The minimum Gasteiger partial charge on any atom is -0.295 e. The minimum absolute atomic E-state index is 1.08. The lowest BCUT2D eigenvalue weighted by molar-refractivity contribution is 0.279. The van der Waals surface area contributed by atoms with E-state index in [1.54, 1.807) is 22.3 Å². The molecule has 0 saturated heterocycles. The molecule has 4 rings (SSSR count). The standard InChI is InChI=1S/C28H33N/c1-4-7-18-29-19-25-23(5-2)27(21-14-10-8-11-15-21)28(22-16-12-9-13-17-22)24(6-3)26(25)20-29/h8-17H,4-7,18-20H2,1-3H3. The molecule has 3 aromatic carbocycles. The number of benzene rings is 3. The van der Waals surface area contributed by atoms with Crippen LogP contribution in [0.3, 0.4) is 0 Å². The number of nitrogens with zero attached hydrogens (tertiary/aromatic N) is 1. The summed E-state index contributed by atoms with van der Waals surface area (Å²) in [7, 11) is 0. The molecule has 3 aromatic rings. The minimum atomic E-state index is 1.08. The van der Waals surface area contributed by atoms with E-state index in [2.05, 4.69) is 86.3 Å². The molecule has 0 radical (unpaired) electrons. The molecule has 1 heteroatoms. The summed E-state index contributed by atoms with van der Waals surface area (Å²) in [5.74, 6) is 0. The van der Waals surface area contributed by atoms with Gasteiger partial charge in [0.15, 0.2) is 0 Å². The Labute approximate surface area is 176 Å². The van der Waals surface area contributed by atoms with Gasteiger partial charge in [-0.1, -0.05) is 87.9 Å². The zero-order chi connectivity index (χ0) is 20.2. The van der Waals surface area contributed by atoms with E-state index < -0.39 is 0 Å². The van der Waals surface area contributed by atoms with E-state index in [1.165, 1.54) is 41.6 Å². The van der Waals surface area contributed by atoms with E-state index in [-0.39, 0.29) is 0 Å². The van der Waals surface area contributed by atoms with Gasteiger partial charge in [-0.25, -0.2) is 0 Å². The molecule has 1 heterocycles. The summed E-state index contributed by atoms with van der Waals surface area (Å²) in [5, 5.41) is 0. The normalized spacial score (nSPS) is 13.6. The smallest absolute Gasteiger partial charge is 0.0243 e. The lowest BCUT2D eigenvalue weighted by atomic mass is 9.80. The van der Waals surface area contributed by atoms with Gasteiger partial charge in [-0.3, -0.25) is 4.90 Å². The predicted molar refractivity (Wildman–Crippen MR) is 125 cm³/mol. The fraction of sp³-hybridized carbons (Fsp3) is 0.357. The van der Waals surface area contributed by atoms with Gasteiger partial charge in [0, 0.05) is 13.1 Å². The molecule has 0 aliphatic carbocycles. The van der Waals surface area contributed by atoms with Crippen LogP contribution in [0, 0.1) is 0 Å². The maximum Gasteiger partial charge on any atom is 0.0243 e. The van der Waals surface area contributed by atoms with E-state index >= 15 is 0 Å². The molecule has 0 amide bonds. The van der Waals surface area contributed by atoms with Crippen LogP contribution in [0.25, 0.3) is 22.3 Å². The van der Waals surface area contributed by atoms with Crippen LogP contribution in [-0.2, 0) is 25.9 Å². The topological polar surface area (TPSA) is 3.24 Å². The van der Waals surface area contributed by atoms with Crippen molar-refractivity contribution in [3.63, 3.8) is 0 Å². The first-order valence-electron chi connectivity index (χ1n) is 11.3. The van der Waals surface area contributed by atoms with Crippen LogP contribution in [-0.4, -0.2) is 11.4 Å². The second-order valence-electron chi connectivity index (χ2n) is 8.17. The Balaban J connectivity index is 2.00. The highest BCUT2D eigenvalue weighted by Gasteiger charge is 2.29. The second-order valence-corrected chi connectivity index (χ2v) is 8.17. The van der Waals surface area contributed by atoms with Gasteiger partial charge < -0.3 is 0 Å². The van der Waals surface area contributed by atoms with Crippen molar-refractivity contribution in [3.05, 3.63) is 82.9 Å². The maximum absolute atomic E-state index is 2.66. The Bertz CT molecular complexity index is 880. The van der Waals surface area contributed by atoms with Gasteiger partial charge in [-0.2, -0.15) is 0 Å². The van der Waals surface area contributed by atoms with Crippen LogP contribution in [0.1, 0.15) is 55.9 Å². The summed E-state index contributed by atoms with van der Waals surface area (Å²) in [6, 6.07) is 22.1. The third-order valence-electron chi connectivity index (χ3n) is 6.37. The van der Waals surface area contributed by atoms with Crippen molar-refractivity contribution < 1.29 is 0 Å². The predicted octanol–water partition coefficient (Wildman–Crippen LogP) is 7.26. The SMILES string of the molecule is CCCCN1Cc2c(c(CC)c(-c3ccccc3)c(-c3ccccc3)c2CC)C1. The van der Waals surface area contributed by atoms with Gasteiger partial charge in [-0.05, 0) is 70.3 Å². The molecule has 0 saturated carbocycles. The van der Waals surface area contributed by atoms with Crippen LogP contribution >= 0.6 is 0 Å². The molecule has 0 atom stereocenters. The first-order chi connectivity index (χ1) is 14.3. The van der Waals surface area contributed by atoms with E-state index in [0.29, 0.717) is 0 Å². The Hall–Kier alpha value is -2.38. The molecule has 0 aromatic heterocycles. The van der Waals surface area contributed by atoms with E-state index in [9.17, 15) is 0 Å². The first-order valence-corrected chi connectivity index (χ1v) is 11.3. The van der Waals surface area contributed by atoms with E-state index in [4.69, 9.17) is 0 Å². The number of fused-ring (bicyclic) bond motifs is 1. The zero-order valence-corrected chi connectivity index (χ0v) is 18.2. The van der Waals surface area contributed by atoms with Crippen molar-refractivity contribution >= 4 is 0 Å². The fourth-order valence-corrected chi connectivity index (χ4v) is 5.02. The van der Waals surface area contributed by atoms with Crippen LogP contribution < -0.4 is 0 Å². The quantitative estimate of drug-likeness (QED) is 0.415. The van der Waals surface area contributed by atoms with Crippen LogP contribution in [0.4, 0.5) is 0 Å². The maximum atomic E-state index is 2.66. The number of unbranched alkanes of at least 4 members (excludes halogenated alkanes) is 1. The van der Waals surface area contributed by atoms with Gasteiger partial charge in [-0.15, -0.1) is 0 Å². The first kappa shape index (κ1) is 19.9. The lowest BCUT2D eigenvalue weighted by Crippen LogP contribution is -2.17. The highest BCUT2D eigenvalue weighted by Crippen LogP contribution is 2.45. The van der Waals surface area contributed by atoms with E-state index in [1.807, 2.05) is 0 Å². The van der Waals surface area contributed by atoms with Crippen molar-refractivity contribution in [2.75, 3.05) is 6.54 Å². The molecule has 1 aliphatic heterocycles. The summed E-state index contributed by atoms with van der Waals surface area (Å²) in [6.07, 6.45) is 4.71. The van der Waals surface area contributed by atoms with Gasteiger partial charge in [0.05, 0.1) is 0 Å². The Kier molecular flexibility index (Phi) is 6.16. The number of rotatable bonds is 7. The van der Waals surface area contributed by atoms with Gasteiger partial charge in [0.25, 0.3) is 0 Å². The average Bonchev–Trinajstić information content (AvgIpc) is 3.20. The molecular weight excluding hydrogens is 350 g/mol. The Morgan fingerprint density at radius 1 is 0.655 bits per heavy atom. The van der Waals surface area contributed by atoms with Gasteiger partial charge in [0.1, 0.15) is 0 Å². The summed E-state index contributed by atoms with van der Waals surface area (Å²) in [6.45, 7) is 10.4. The molecule has 150 valence electrons. The molecule has 0 fully saturated rings. The summed E-state index contributed by atoms with van der Waals surface area (Å²) < 4.78 is 0. The van der Waals surface area contributed by atoms with Crippen molar-refractivity contribution in [1.29, 1.82) is 0 Å². The molecule has 0 unspecified atom stereocenters. The summed E-state index contributed by atoms with van der Waals surface area (Å²) in [5.41, 5.74) is 12.0. The monoisotopic (exact) mass is 383 g/mol. The molecule has 29 heavy (non-hydrogen) atoms. The average molecular weight is 384 g/mol. The third-order valence-corrected chi connectivity index (χ3v) is 6.37. The number of hydrogen-bond donors (Lipinski definition) is 0. The van der Waals surface area contributed by atoms with Crippen LogP contribution in [0.2, 0.25) is 0 Å². The van der Waals surface area contributed by atoms with Crippen molar-refractivity contribution in [1.82, 2.24) is 4.90 Å². The van der Waals surface area contributed by atoms with Crippen molar-refractivity contribution in [3.8, 4) is 22.3 Å². The van der Waals surface area contributed by atoms with E-state index in [0.717, 1.165) is 25.9 Å². The molecule has 0 spiro atoms. The highest BCUT2D eigenvalue weighted by atomic mass is 15.1. The third kappa shape index (κ3) is 3.76. The highest BCUT2D eigenvalue weighted by molar-refractivity contribution is 5.90. The number of hydrogen-bond acceptors (Lipinski definition) is 1. The summed E-state index contributed by atoms with van der Waals surface area (Å²) in [4.78, 5) is 2.66. The fourth-order valence-electron chi connectivity index (χ4n) is 5.02. The molecule has 0 bridgehead atoms. The van der Waals surface area contributed by atoms with Gasteiger partial charge in [0.2, 0.25) is 0 Å². The molecule has 0 N–H and O–H groups in total. The van der Waals surface area contributed by atoms with Gasteiger partial charge >= 0.3 is 0 Å². The lowest BCUT2D eigenvalue weighted by Gasteiger charge is -2.23. The van der Waals surface area contributed by atoms with Crippen molar-refractivity contribution in [2.24, 2.45) is 0 Å². The zero-order valence-electron chi connectivity index (χ0n) is 18.2. The Morgan fingerprint density at radius 3 is 1.48 bits per heavy atom. The second kappa shape index (κ2) is 8.97. The van der Waals surface area contributed by atoms with Crippen LogP contribution in [0.5, 0.6) is 0 Å². The van der Waals surface area contributed by atoms with Crippen LogP contribution in [0.15, 0.2) is 60.7 Å². The summed E-state index contributed by atoms with van der Waals surface area (Å²) >= 11 is 0.